The Morgan fingerprint density at radius 1 is 0.605 bits per heavy atom. The van der Waals surface area contributed by atoms with Gasteiger partial charge in [-0.1, -0.05) is 92.7 Å². The third-order valence-corrected chi connectivity index (χ3v) is 8.77. The summed E-state index contributed by atoms with van der Waals surface area (Å²) in [5.41, 5.74) is 12.2. The summed E-state index contributed by atoms with van der Waals surface area (Å²) in [6, 6.07) is 43.6. The molecule has 4 nitrogen and oxygen atoms in total. The van der Waals surface area contributed by atoms with Gasteiger partial charge >= 0.3 is 0 Å². The van der Waals surface area contributed by atoms with Crippen molar-refractivity contribution in [3.63, 3.8) is 0 Å². The molecule has 1 aliphatic carbocycles. The molecule has 8 rings (SSSR count). The van der Waals surface area contributed by atoms with Gasteiger partial charge in [0.15, 0.2) is 0 Å². The number of phenols is 1. The first kappa shape index (κ1) is 25.2. The molecule has 4 heteroatoms. The molecule has 7 aromatic rings. The SMILES string of the molecule is CC1(C)c2ccccc2-c2cc(-c3nc4c(-c5cccc(-c6ccccn6)c5)cccc4n3-c3ccccc3)c(O)cc21. The molecule has 0 fully saturated rings. The predicted octanol–water partition coefficient (Wildman–Crippen LogP) is 9.43. The summed E-state index contributed by atoms with van der Waals surface area (Å²) in [5, 5.41) is 11.6. The van der Waals surface area contributed by atoms with Crippen LogP contribution in [-0.2, 0) is 5.41 Å². The second kappa shape index (κ2) is 9.53. The summed E-state index contributed by atoms with van der Waals surface area (Å²) in [6.45, 7) is 4.45. The minimum absolute atomic E-state index is 0.201. The van der Waals surface area contributed by atoms with Gasteiger partial charge in [0.25, 0.3) is 0 Å². The molecular weight excluding hydrogens is 526 g/mol. The number of para-hydroxylation sites is 2. The Kier molecular flexibility index (Phi) is 5.60. The predicted molar refractivity (Wildman–Crippen MR) is 174 cm³/mol. The Morgan fingerprint density at radius 2 is 1.35 bits per heavy atom. The van der Waals surface area contributed by atoms with Crippen LogP contribution in [0.5, 0.6) is 5.75 Å². The lowest BCUT2D eigenvalue weighted by atomic mass is 9.82. The van der Waals surface area contributed by atoms with Crippen LogP contribution in [0.15, 0.2) is 134 Å². The largest absolute Gasteiger partial charge is 0.507 e. The van der Waals surface area contributed by atoms with Crippen LogP contribution < -0.4 is 0 Å². The number of phenolic OH excluding ortho intramolecular Hbond substituents is 1. The van der Waals surface area contributed by atoms with E-state index in [1.54, 1.807) is 0 Å². The summed E-state index contributed by atoms with van der Waals surface area (Å²) in [7, 11) is 0. The van der Waals surface area contributed by atoms with Crippen LogP contribution in [0.4, 0.5) is 0 Å². The Bertz CT molecular complexity index is 2160. The van der Waals surface area contributed by atoms with Crippen molar-refractivity contribution in [1.82, 2.24) is 14.5 Å². The van der Waals surface area contributed by atoms with Gasteiger partial charge in [0.2, 0.25) is 0 Å². The van der Waals surface area contributed by atoms with Crippen molar-refractivity contribution in [1.29, 1.82) is 0 Å². The van der Waals surface area contributed by atoms with Gasteiger partial charge in [0, 0.05) is 28.4 Å². The zero-order valence-electron chi connectivity index (χ0n) is 24.0. The number of aromatic hydroxyl groups is 1. The van der Waals surface area contributed by atoms with Crippen LogP contribution in [0, 0.1) is 0 Å². The fourth-order valence-corrected chi connectivity index (χ4v) is 6.65. The molecule has 0 aliphatic heterocycles. The van der Waals surface area contributed by atoms with Crippen LogP contribution in [0.1, 0.15) is 25.0 Å². The molecular formula is C39H29N3O. The van der Waals surface area contributed by atoms with E-state index in [9.17, 15) is 5.11 Å². The van der Waals surface area contributed by atoms with Crippen molar-refractivity contribution in [2.24, 2.45) is 0 Å². The molecule has 0 amide bonds. The number of hydrogen-bond donors (Lipinski definition) is 1. The van der Waals surface area contributed by atoms with Crippen LogP contribution >= 0.6 is 0 Å². The number of rotatable bonds is 4. The maximum absolute atomic E-state index is 11.6. The normalized spacial score (nSPS) is 13.2. The first-order chi connectivity index (χ1) is 21.0. The van der Waals surface area contributed by atoms with Crippen molar-refractivity contribution in [3.05, 3.63) is 145 Å². The third kappa shape index (κ3) is 3.91. The van der Waals surface area contributed by atoms with E-state index in [1.807, 2.05) is 48.7 Å². The lowest BCUT2D eigenvalue weighted by Gasteiger charge is -2.22. The van der Waals surface area contributed by atoms with Crippen LogP contribution in [0.25, 0.3) is 61.6 Å². The average molecular weight is 556 g/mol. The zero-order valence-corrected chi connectivity index (χ0v) is 24.0. The van der Waals surface area contributed by atoms with Crippen LogP contribution in [-0.4, -0.2) is 19.6 Å². The highest BCUT2D eigenvalue weighted by molar-refractivity contribution is 5.97. The number of aromatic nitrogens is 3. The summed E-state index contributed by atoms with van der Waals surface area (Å²) in [6.07, 6.45) is 1.82. The molecule has 206 valence electrons. The fourth-order valence-electron chi connectivity index (χ4n) is 6.65. The van der Waals surface area contributed by atoms with Gasteiger partial charge in [0.1, 0.15) is 11.6 Å². The first-order valence-corrected chi connectivity index (χ1v) is 14.6. The summed E-state index contributed by atoms with van der Waals surface area (Å²) < 4.78 is 2.16. The molecule has 0 radical (unpaired) electrons. The smallest absolute Gasteiger partial charge is 0.149 e. The Labute approximate surface area is 250 Å². The maximum Gasteiger partial charge on any atom is 0.149 e. The van der Waals surface area contributed by atoms with E-state index < -0.39 is 0 Å². The lowest BCUT2D eigenvalue weighted by Crippen LogP contribution is -2.14. The molecule has 1 aliphatic rings. The minimum atomic E-state index is -0.201. The molecule has 0 unspecified atom stereocenters. The molecule has 0 saturated carbocycles. The lowest BCUT2D eigenvalue weighted by molar-refractivity contribution is 0.474. The summed E-state index contributed by atoms with van der Waals surface area (Å²) in [5.74, 6) is 0.933. The average Bonchev–Trinajstić information content (AvgIpc) is 3.54. The van der Waals surface area contributed by atoms with E-state index in [4.69, 9.17) is 4.98 Å². The van der Waals surface area contributed by atoms with Crippen molar-refractivity contribution in [2.45, 2.75) is 19.3 Å². The van der Waals surface area contributed by atoms with Gasteiger partial charge in [-0.15, -0.1) is 0 Å². The maximum atomic E-state index is 11.6. The second-order valence-corrected chi connectivity index (χ2v) is 11.7. The number of fused-ring (bicyclic) bond motifs is 4. The number of benzene rings is 5. The quantitative estimate of drug-likeness (QED) is 0.235. The van der Waals surface area contributed by atoms with E-state index >= 15 is 0 Å². The molecule has 2 heterocycles. The molecule has 2 aromatic heterocycles. The molecule has 43 heavy (non-hydrogen) atoms. The molecule has 0 spiro atoms. The number of pyridine rings is 1. The van der Waals surface area contributed by atoms with Crippen LogP contribution in [0.3, 0.4) is 0 Å². The van der Waals surface area contributed by atoms with E-state index in [1.165, 1.54) is 11.1 Å². The molecule has 0 bridgehead atoms. The first-order valence-electron chi connectivity index (χ1n) is 14.6. The number of imidazole rings is 1. The Balaban J connectivity index is 1.38. The highest BCUT2D eigenvalue weighted by Crippen LogP contribution is 2.52. The third-order valence-electron chi connectivity index (χ3n) is 8.77. The van der Waals surface area contributed by atoms with Gasteiger partial charge in [0.05, 0.1) is 22.3 Å². The molecule has 1 N–H and O–H groups in total. The van der Waals surface area contributed by atoms with E-state index in [2.05, 4.69) is 108 Å². The monoisotopic (exact) mass is 555 g/mol. The highest BCUT2D eigenvalue weighted by atomic mass is 16.3. The van der Waals surface area contributed by atoms with Gasteiger partial charge < -0.3 is 5.11 Å². The minimum Gasteiger partial charge on any atom is -0.507 e. The van der Waals surface area contributed by atoms with Crippen LogP contribution in [0.2, 0.25) is 0 Å². The Hall–Kier alpha value is -5.48. The van der Waals surface area contributed by atoms with E-state index in [0.717, 1.165) is 50.2 Å². The molecule has 0 atom stereocenters. The molecule has 0 saturated heterocycles. The standard InChI is InChI=1S/C39H29N3O/c1-39(2)32-18-7-6-16-29(32)30-23-31(36(43)24-33(30)39)38-41-37-28(17-11-20-35(37)42(38)27-14-4-3-5-15-27)25-12-10-13-26(22-25)34-19-8-9-21-40-34/h3-24,43H,1-2H3. The fraction of sp³-hybridized carbons (Fsp3) is 0.0769. The number of hydrogen-bond acceptors (Lipinski definition) is 3. The van der Waals surface area contributed by atoms with Gasteiger partial charge in [-0.2, -0.15) is 0 Å². The van der Waals surface area contributed by atoms with Crippen molar-refractivity contribution in [2.75, 3.05) is 0 Å². The topological polar surface area (TPSA) is 50.9 Å². The number of nitrogens with zero attached hydrogens (tertiary/aromatic N) is 3. The van der Waals surface area contributed by atoms with E-state index in [-0.39, 0.29) is 11.2 Å². The Morgan fingerprint density at radius 3 is 2.19 bits per heavy atom. The van der Waals surface area contributed by atoms with Crippen molar-refractivity contribution < 1.29 is 5.11 Å². The van der Waals surface area contributed by atoms with Gasteiger partial charge in [-0.3, -0.25) is 9.55 Å². The van der Waals surface area contributed by atoms with Gasteiger partial charge in [-0.05, 0) is 76.3 Å². The molecule has 5 aromatic carbocycles. The second-order valence-electron chi connectivity index (χ2n) is 11.7. The highest BCUT2D eigenvalue weighted by Gasteiger charge is 2.36. The van der Waals surface area contributed by atoms with Crippen molar-refractivity contribution in [3.8, 4) is 56.3 Å². The van der Waals surface area contributed by atoms with Gasteiger partial charge in [-0.25, -0.2) is 4.98 Å². The summed E-state index contributed by atoms with van der Waals surface area (Å²) >= 11 is 0. The van der Waals surface area contributed by atoms with E-state index in [0.29, 0.717) is 11.4 Å². The summed E-state index contributed by atoms with van der Waals surface area (Å²) in [4.78, 5) is 9.86. The van der Waals surface area contributed by atoms with Crippen molar-refractivity contribution >= 4 is 11.0 Å². The zero-order chi connectivity index (χ0) is 29.1.